The van der Waals surface area contributed by atoms with E-state index in [0.29, 0.717) is 0 Å². The minimum absolute atomic E-state index is 0.0542. The maximum atomic E-state index is 11.9. The first-order valence-corrected chi connectivity index (χ1v) is 6.07. The van der Waals surface area contributed by atoms with Gasteiger partial charge in [-0.15, -0.1) is 11.3 Å². The largest absolute Gasteiger partial charge is 0.478 e. The number of carbonyl (C=O) groups excluding carboxylic acids is 1. The van der Waals surface area contributed by atoms with Gasteiger partial charge in [0, 0.05) is 12.4 Å². The molecular weight excluding hydrogens is 276 g/mol. The number of nitrogens with zero attached hydrogens (tertiary/aromatic N) is 1. The van der Waals surface area contributed by atoms with E-state index in [1.54, 1.807) is 5.38 Å². The SMILES string of the molecule is O=C(Nc1sccc1C(=O)O)c1ccncc1Cl. The molecule has 0 fully saturated rings. The lowest BCUT2D eigenvalue weighted by Crippen LogP contribution is -2.13. The number of hydrogen-bond acceptors (Lipinski definition) is 4. The standard InChI is InChI=1S/C11H7ClN2O3S/c12-8-5-13-3-1-6(8)9(15)14-10-7(11(16)17)2-4-18-10/h1-5H,(H,14,15)(H,16,17). The molecule has 0 bridgehead atoms. The number of hydrogen-bond donors (Lipinski definition) is 2. The van der Waals surface area contributed by atoms with Gasteiger partial charge < -0.3 is 10.4 Å². The molecule has 5 nitrogen and oxygen atoms in total. The fourth-order valence-corrected chi connectivity index (χ4v) is 2.28. The third-order valence-corrected chi connectivity index (χ3v) is 3.27. The number of pyridine rings is 1. The molecule has 2 aromatic rings. The lowest BCUT2D eigenvalue weighted by Gasteiger charge is -2.05. The van der Waals surface area contributed by atoms with Crippen molar-refractivity contribution in [2.75, 3.05) is 5.32 Å². The highest BCUT2D eigenvalue weighted by Gasteiger charge is 2.16. The van der Waals surface area contributed by atoms with E-state index in [-0.39, 0.29) is 21.2 Å². The monoisotopic (exact) mass is 282 g/mol. The van der Waals surface area contributed by atoms with Crippen LogP contribution in [-0.4, -0.2) is 22.0 Å². The quantitative estimate of drug-likeness (QED) is 0.907. The van der Waals surface area contributed by atoms with Gasteiger partial charge in [-0.05, 0) is 17.5 Å². The molecule has 0 aliphatic heterocycles. The lowest BCUT2D eigenvalue weighted by molar-refractivity contribution is 0.0698. The predicted octanol–water partition coefficient (Wildman–Crippen LogP) is 2.75. The van der Waals surface area contributed by atoms with E-state index in [2.05, 4.69) is 10.3 Å². The fourth-order valence-electron chi connectivity index (χ4n) is 1.30. The zero-order valence-corrected chi connectivity index (χ0v) is 10.5. The average molecular weight is 283 g/mol. The number of carbonyl (C=O) groups is 2. The van der Waals surface area contributed by atoms with Gasteiger partial charge in [0.2, 0.25) is 0 Å². The van der Waals surface area contributed by atoms with Gasteiger partial charge in [-0.3, -0.25) is 9.78 Å². The molecule has 0 unspecified atom stereocenters. The molecular formula is C11H7ClN2O3S. The number of halogens is 1. The Labute approximate surface area is 111 Å². The van der Waals surface area contributed by atoms with Crippen molar-refractivity contribution in [2.45, 2.75) is 0 Å². The summed E-state index contributed by atoms with van der Waals surface area (Å²) in [5, 5.41) is 13.5. The Morgan fingerprint density at radius 1 is 1.33 bits per heavy atom. The molecule has 7 heteroatoms. The Morgan fingerprint density at radius 2 is 2.11 bits per heavy atom. The Morgan fingerprint density at radius 3 is 2.78 bits per heavy atom. The van der Waals surface area contributed by atoms with Gasteiger partial charge in [0.05, 0.1) is 16.1 Å². The third kappa shape index (κ3) is 2.49. The second-order valence-corrected chi connectivity index (χ2v) is 4.60. The summed E-state index contributed by atoms with van der Waals surface area (Å²) in [6, 6.07) is 2.89. The second kappa shape index (κ2) is 5.16. The Bertz CT molecular complexity index is 612. The number of amides is 1. The highest BCUT2D eigenvalue weighted by molar-refractivity contribution is 7.14. The molecule has 92 valence electrons. The van der Waals surface area contributed by atoms with Crippen molar-refractivity contribution in [1.29, 1.82) is 0 Å². The molecule has 0 saturated heterocycles. The van der Waals surface area contributed by atoms with Crippen LogP contribution in [0.25, 0.3) is 0 Å². The number of carboxylic acid groups (broad SMARTS) is 1. The summed E-state index contributed by atoms with van der Waals surface area (Å²) in [7, 11) is 0. The topological polar surface area (TPSA) is 79.3 Å². The Kier molecular flexibility index (Phi) is 3.59. The number of rotatable bonds is 3. The summed E-state index contributed by atoms with van der Waals surface area (Å²) in [6.07, 6.45) is 2.79. The molecule has 0 radical (unpaired) electrons. The number of thiophene rings is 1. The van der Waals surface area contributed by atoms with Gasteiger partial charge in [-0.25, -0.2) is 4.79 Å². The molecule has 18 heavy (non-hydrogen) atoms. The second-order valence-electron chi connectivity index (χ2n) is 3.28. The van der Waals surface area contributed by atoms with E-state index in [4.69, 9.17) is 16.7 Å². The molecule has 2 heterocycles. The molecule has 2 rings (SSSR count). The van der Waals surface area contributed by atoms with Crippen LogP contribution < -0.4 is 5.32 Å². The van der Waals surface area contributed by atoms with Crippen molar-refractivity contribution in [3.05, 3.63) is 46.1 Å². The number of nitrogens with one attached hydrogen (secondary N) is 1. The molecule has 0 aliphatic rings. The number of aromatic carboxylic acids is 1. The van der Waals surface area contributed by atoms with Gasteiger partial charge in [-0.1, -0.05) is 11.6 Å². The first kappa shape index (κ1) is 12.5. The van der Waals surface area contributed by atoms with Crippen LogP contribution in [0, 0.1) is 0 Å². The molecule has 2 aromatic heterocycles. The van der Waals surface area contributed by atoms with Crippen LogP contribution in [0.4, 0.5) is 5.00 Å². The summed E-state index contributed by atoms with van der Waals surface area (Å²) in [5.74, 6) is -1.56. The summed E-state index contributed by atoms with van der Waals surface area (Å²) in [4.78, 5) is 26.6. The van der Waals surface area contributed by atoms with Crippen LogP contribution in [0.5, 0.6) is 0 Å². The number of anilines is 1. The summed E-state index contributed by atoms with van der Waals surface area (Å²) in [5.41, 5.74) is 0.301. The van der Waals surface area contributed by atoms with Crippen LogP contribution in [-0.2, 0) is 0 Å². The van der Waals surface area contributed by atoms with E-state index in [9.17, 15) is 9.59 Å². The molecule has 2 N–H and O–H groups in total. The highest BCUT2D eigenvalue weighted by Crippen LogP contribution is 2.24. The lowest BCUT2D eigenvalue weighted by atomic mass is 10.2. The molecule has 0 aromatic carbocycles. The van der Waals surface area contributed by atoms with Crippen molar-refractivity contribution < 1.29 is 14.7 Å². The smallest absolute Gasteiger partial charge is 0.338 e. The first-order chi connectivity index (χ1) is 8.59. The Balaban J connectivity index is 2.25. The van der Waals surface area contributed by atoms with Crippen LogP contribution >= 0.6 is 22.9 Å². The van der Waals surface area contributed by atoms with Crippen LogP contribution in [0.1, 0.15) is 20.7 Å². The average Bonchev–Trinajstić information content (AvgIpc) is 2.77. The van der Waals surface area contributed by atoms with Crippen LogP contribution in [0.2, 0.25) is 5.02 Å². The first-order valence-electron chi connectivity index (χ1n) is 4.81. The van der Waals surface area contributed by atoms with Crippen molar-refractivity contribution >= 4 is 39.8 Å². The fraction of sp³-hybridized carbons (Fsp3) is 0. The minimum atomic E-state index is -1.09. The van der Waals surface area contributed by atoms with Crippen molar-refractivity contribution in [3.8, 4) is 0 Å². The summed E-state index contributed by atoms with van der Waals surface area (Å²) >= 11 is 6.96. The molecule has 0 atom stereocenters. The number of aromatic nitrogens is 1. The minimum Gasteiger partial charge on any atom is -0.478 e. The van der Waals surface area contributed by atoms with Gasteiger partial charge >= 0.3 is 5.97 Å². The molecule has 0 aliphatic carbocycles. The van der Waals surface area contributed by atoms with Crippen molar-refractivity contribution in [1.82, 2.24) is 4.98 Å². The normalized spacial score (nSPS) is 10.1. The molecule has 0 spiro atoms. The van der Waals surface area contributed by atoms with E-state index in [1.165, 1.54) is 24.5 Å². The van der Waals surface area contributed by atoms with Gasteiger partial charge in [-0.2, -0.15) is 0 Å². The van der Waals surface area contributed by atoms with Crippen LogP contribution in [0.15, 0.2) is 29.9 Å². The van der Waals surface area contributed by atoms with E-state index < -0.39 is 11.9 Å². The zero-order valence-electron chi connectivity index (χ0n) is 8.88. The van der Waals surface area contributed by atoms with Crippen molar-refractivity contribution in [3.63, 3.8) is 0 Å². The summed E-state index contributed by atoms with van der Waals surface area (Å²) in [6.45, 7) is 0. The Hall–Kier alpha value is -1.92. The highest BCUT2D eigenvalue weighted by atomic mass is 35.5. The van der Waals surface area contributed by atoms with Crippen LogP contribution in [0.3, 0.4) is 0 Å². The van der Waals surface area contributed by atoms with Gasteiger partial charge in [0.25, 0.3) is 5.91 Å². The van der Waals surface area contributed by atoms with E-state index in [0.717, 1.165) is 11.3 Å². The third-order valence-electron chi connectivity index (χ3n) is 2.14. The molecule has 0 saturated carbocycles. The maximum Gasteiger partial charge on any atom is 0.338 e. The summed E-state index contributed by atoms with van der Waals surface area (Å²) < 4.78 is 0. The number of carboxylic acids is 1. The van der Waals surface area contributed by atoms with E-state index in [1.807, 2.05) is 0 Å². The van der Waals surface area contributed by atoms with E-state index >= 15 is 0 Å². The predicted molar refractivity (Wildman–Crippen MR) is 68.5 cm³/mol. The van der Waals surface area contributed by atoms with Gasteiger partial charge in [0.15, 0.2) is 0 Å². The van der Waals surface area contributed by atoms with Crippen molar-refractivity contribution in [2.24, 2.45) is 0 Å². The maximum absolute atomic E-state index is 11.9. The molecule has 1 amide bonds. The zero-order chi connectivity index (χ0) is 13.1. The van der Waals surface area contributed by atoms with Gasteiger partial charge in [0.1, 0.15) is 5.00 Å².